The highest BCUT2D eigenvalue weighted by Crippen LogP contribution is 2.84. The molecule has 0 heterocycles. The van der Waals surface area contributed by atoms with Crippen LogP contribution in [0.3, 0.4) is 0 Å². The molecule has 0 aromatic rings. The maximum absolute atomic E-state index is 12.7. The van der Waals surface area contributed by atoms with Gasteiger partial charge in [0.1, 0.15) is 12.2 Å². The Balaban J connectivity index is 1.44. The van der Waals surface area contributed by atoms with Crippen molar-refractivity contribution in [2.24, 2.45) is 39.9 Å². The number of rotatable bonds is 7. The molecule has 5 aliphatic carbocycles. The fraction of sp³-hybridized carbons (Fsp3) is 0.750. The van der Waals surface area contributed by atoms with Gasteiger partial charge in [-0.1, -0.05) is 19.6 Å². The molecule has 7 heteroatoms. The third kappa shape index (κ3) is 3.52. The van der Waals surface area contributed by atoms with Gasteiger partial charge in [0.15, 0.2) is 11.6 Å². The van der Waals surface area contributed by atoms with Crippen LogP contribution in [-0.4, -0.2) is 57.8 Å². The predicted molar refractivity (Wildman–Crippen MR) is 127 cm³/mol. The Morgan fingerprint density at radius 2 is 1.97 bits per heavy atom. The van der Waals surface area contributed by atoms with Crippen LogP contribution in [0, 0.1) is 39.9 Å². The summed E-state index contributed by atoms with van der Waals surface area (Å²) in [6.07, 6.45) is 6.47. The minimum Gasteiger partial charge on any atom is -0.462 e. The van der Waals surface area contributed by atoms with Crippen molar-refractivity contribution in [2.75, 3.05) is 6.61 Å². The maximum Gasteiger partial charge on any atom is 0.302 e. The number of hydrogen-bond acceptors (Lipinski definition) is 7. The second-order valence-corrected chi connectivity index (χ2v) is 12.2. The average molecular weight is 487 g/mol. The van der Waals surface area contributed by atoms with Crippen molar-refractivity contribution in [3.8, 4) is 0 Å². The van der Waals surface area contributed by atoms with E-state index in [9.17, 15) is 24.6 Å². The summed E-state index contributed by atoms with van der Waals surface area (Å²) in [6, 6.07) is 0. The zero-order valence-electron chi connectivity index (χ0n) is 20.7. The number of carbonyl (C=O) groups is 3. The highest BCUT2D eigenvalue weighted by molar-refractivity contribution is 5.98. The first-order chi connectivity index (χ1) is 16.5. The number of aliphatic hydroxyl groups excluding tert-OH is 3. The molecule has 192 valence electrons. The molecule has 0 saturated heterocycles. The predicted octanol–water partition coefficient (Wildman–Crippen LogP) is 2.52. The van der Waals surface area contributed by atoms with Crippen molar-refractivity contribution in [1.29, 1.82) is 0 Å². The van der Waals surface area contributed by atoms with Gasteiger partial charge in [-0.3, -0.25) is 14.4 Å². The first-order valence-corrected chi connectivity index (χ1v) is 13.1. The van der Waals surface area contributed by atoms with E-state index in [2.05, 4.69) is 19.6 Å². The summed E-state index contributed by atoms with van der Waals surface area (Å²) in [5, 5.41) is 31.2. The quantitative estimate of drug-likeness (QED) is 0.373. The van der Waals surface area contributed by atoms with Gasteiger partial charge in [0.2, 0.25) is 0 Å². The monoisotopic (exact) mass is 486 g/mol. The van der Waals surface area contributed by atoms with Gasteiger partial charge >= 0.3 is 5.97 Å². The number of aliphatic hydroxyl groups is 3. The first kappa shape index (κ1) is 24.8. The summed E-state index contributed by atoms with van der Waals surface area (Å²) in [4.78, 5) is 36.8. The maximum atomic E-state index is 12.7. The average Bonchev–Trinajstić information content (AvgIpc) is 3.38. The van der Waals surface area contributed by atoms with Gasteiger partial charge in [-0.15, -0.1) is 0 Å². The Morgan fingerprint density at radius 3 is 2.66 bits per heavy atom. The lowest BCUT2D eigenvalue weighted by Gasteiger charge is -2.55. The van der Waals surface area contributed by atoms with E-state index in [1.807, 2.05) is 0 Å². The Labute approximate surface area is 206 Å². The molecule has 0 aromatic heterocycles. The van der Waals surface area contributed by atoms with Crippen LogP contribution in [-0.2, 0) is 19.1 Å². The van der Waals surface area contributed by atoms with Crippen molar-refractivity contribution in [3.05, 3.63) is 24.3 Å². The molecule has 4 fully saturated rings. The van der Waals surface area contributed by atoms with Crippen LogP contribution in [0.5, 0.6) is 0 Å². The molecular formula is C28H38O7. The summed E-state index contributed by atoms with van der Waals surface area (Å²) in [5.74, 6) is -0.517. The highest BCUT2D eigenvalue weighted by atomic mass is 16.5. The SMILES string of the molecule is C=C(CCO)C(=O)C(O)CC1C(OC(C)=O)CC2C3CC(O)C4CC(=O)C=CC45CC35CCC12C. The third-order valence-corrected chi connectivity index (χ3v) is 10.8. The van der Waals surface area contributed by atoms with Crippen molar-refractivity contribution in [1.82, 2.24) is 0 Å². The molecule has 35 heavy (non-hydrogen) atoms. The second kappa shape index (κ2) is 8.35. The molecule has 5 rings (SSSR count). The number of ketones is 2. The molecule has 5 aliphatic rings. The van der Waals surface area contributed by atoms with Crippen molar-refractivity contribution in [2.45, 2.75) is 83.5 Å². The number of carbonyl (C=O) groups excluding carboxylic acids is 3. The van der Waals surface area contributed by atoms with Gasteiger partial charge in [0.25, 0.3) is 0 Å². The lowest BCUT2D eigenvalue weighted by Crippen LogP contribution is -2.52. The lowest BCUT2D eigenvalue weighted by atomic mass is 9.49. The minimum atomic E-state index is -1.26. The van der Waals surface area contributed by atoms with Crippen molar-refractivity contribution < 1.29 is 34.4 Å². The molecule has 2 spiro atoms. The Bertz CT molecular complexity index is 986. The smallest absolute Gasteiger partial charge is 0.302 e. The van der Waals surface area contributed by atoms with E-state index < -0.39 is 24.1 Å². The topological polar surface area (TPSA) is 121 Å². The van der Waals surface area contributed by atoms with Crippen LogP contribution < -0.4 is 0 Å². The summed E-state index contributed by atoms with van der Waals surface area (Å²) in [7, 11) is 0. The van der Waals surface area contributed by atoms with Crippen molar-refractivity contribution in [3.63, 3.8) is 0 Å². The summed E-state index contributed by atoms with van der Waals surface area (Å²) in [5.41, 5.74) is -0.0963. The van der Waals surface area contributed by atoms with Gasteiger partial charge in [-0.25, -0.2) is 0 Å². The molecule has 10 atom stereocenters. The highest BCUT2D eigenvalue weighted by Gasteiger charge is 2.79. The molecule has 0 aromatic carbocycles. The van der Waals surface area contributed by atoms with Crippen LogP contribution in [0.25, 0.3) is 0 Å². The summed E-state index contributed by atoms with van der Waals surface area (Å²) in [6.45, 7) is 7.10. The third-order valence-electron chi connectivity index (χ3n) is 10.8. The number of esters is 1. The molecule has 10 unspecified atom stereocenters. The fourth-order valence-corrected chi connectivity index (χ4v) is 9.17. The zero-order chi connectivity index (χ0) is 25.3. The molecule has 7 nitrogen and oxygen atoms in total. The van der Waals surface area contributed by atoms with E-state index in [1.54, 1.807) is 6.08 Å². The first-order valence-electron chi connectivity index (χ1n) is 13.1. The molecule has 3 N–H and O–H groups in total. The van der Waals surface area contributed by atoms with E-state index in [4.69, 9.17) is 9.84 Å². The minimum absolute atomic E-state index is 0.0148. The Hall–Kier alpha value is -1.83. The number of fused-ring (bicyclic) bond motifs is 2. The molecule has 4 saturated carbocycles. The van der Waals surface area contributed by atoms with E-state index in [1.165, 1.54) is 6.92 Å². The number of ether oxygens (including phenoxy) is 1. The summed E-state index contributed by atoms with van der Waals surface area (Å²) < 4.78 is 5.80. The van der Waals surface area contributed by atoms with Crippen LogP contribution in [0.1, 0.15) is 65.2 Å². The molecule has 0 amide bonds. The number of hydrogen-bond donors (Lipinski definition) is 3. The molecule has 0 bridgehead atoms. The van der Waals surface area contributed by atoms with Crippen LogP contribution in [0.4, 0.5) is 0 Å². The van der Waals surface area contributed by atoms with Crippen LogP contribution in [0.2, 0.25) is 0 Å². The largest absolute Gasteiger partial charge is 0.462 e. The van der Waals surface area contributed by atoms with Gasteiger partial charge in [0, 0.05) is 37.2 Å². The number of Topliss-reactive ketones (excluding diaryl/α,β-unsaturated/α-hetero) is 1. The summed E-state index contributed by atoms with van der Waals surface area (Å²) >= 11 is 0. The normalized spacial score (nSPS) is 46.0. The fourth-order valence-electron chi connectivity index (χ4n) is 9.17. The van der Waals surface area contributed by atoms with Crippen molar-refractivity contribution >= 4 is 17.5 Å². The number of allylic oxidation sites excluding steroid dienone is 2. The van der Waals surface area contributed by atoms with Crippen LogP contribution in [0.15, 0.2) is 24.3 Å². The van der Waals surface area contributed by atoms with Gasteiger partial charge in [0.05, 0.1) is 6.10 Å². The van der Waals surface area contributed by atoms with Gasteiger partial charge in [-0.2, -0.15) is 0 Å². The van der Waals surface area contributed by atoms with Crippen LogP contribution >= 0.6 is 0 Å². The lowest BCUT2D eigenvalue weighted by molar-refractivity contribution is -0.150. The van der Waals surface area contributed by atoms with E-state index in [0.29, 0.717) is 19.3 Å². The Kier molecular flexibility index (Phi) is 5.93. The molecular weight excluding hydrogens is 448 g/mol. The van der Waals surface area contributed by atoms with Gasteiger partial charge in [-0.05, 0) is 79.3 Å². The Morgan fingerprint density at radius 1 is 1.23 bits per heavy atom. The second-order valence-electron chi connectivity index (χ2n) is 12.2. The van der Waals surface area contributed by atoms with E-state index in [0.717, 1.165) is 19.3 Å². The van der Waals surface area contributed by atoms with E-state index in [-0.39, 0.29) is 76.7 Å². The zero-order valence-corrected chi connectivity index (χ0v) is 20.7. The van der Waals surface area contributed by atoms with Gasteiger partial charge < -0.3 is 20.1 Å². The standard InChI is InChI=1S/C28H38O7/c1-15(5-9-29)25(34)23(33)12-21-24(35-16(2)30)13-18-19-11-22(32)20-10-17(31)4-6-27(20)14-28(19,27)8-7-26(18,21)3/h4,6,18-24,29,32-33H,1,5,7-14H2,2-3H3. The molecule has 0 aliphatic heterocycles. The van der Waals surface area contributed by atoms with E-state index >= 15 is 0 Å². The molecule has 0 radical (unpaired) electrons.